The van der Waals surface area contributed by atoms with Crippen molar-refractivity contribution in [2.45, 2.75) is 19.4 Å². The lowest BCUT2D eigenvalue weighted by Gasteiger charge is -2.34. The summed E-state index contributed by atoms with van der Waals surface area (Å²) in [6.07, 6.45) is 0. The van der Waals surface area contributed by atoms with Crippen molar-refractivity contribution in [1.29, 1.82) is 0 Å². The number of amides is 1. The summed E-state index contributed by atoms with van der Waals surface area (Å²) in [7, 11) is 0. The standard InChI is InChI=1S/C14H17Cl2NO3/c1-14(2,13(18)17-5-7-19-8-6-17)20-12-4-3-10(15)9-11(12)16/h3-4,9H,5-8H2,1-2H3. The molecule has 1 aromatic carbocycles. The first-order valence-electron chi connectivity index (χ1n) is 6.41. The van der Waals surface area contributed by atoms with Crippen LogP contribution in [0.3, 0.4) is 0 Å². The van der Waals surface area contributed by atoms with E-state index in [9.17, 15) is 4.79 Å². The molecule has 0 aliphatic carbocycles. The minimum Gasteiger partial charge on any atom is -0.476 e. The first-order valence-corrected chi connectivity index (χ1v) is 7.17. The average molecular weight is 318 g/mol. The molecule has 4 nitrogen and oxygen atoms in total. The number of rotatable bonds is 3. The second kappa shape index (κ2) is 6.20. The predicted molar refractivity (Wildman–Crippen MR) is 78.6 cm³/mol. The Labute approximate surface area is 128 Å². The monoisotopic (exact) mass is 317 g/mol. The highest BCUT2D eigenvalue weighted by Crippen LogP contribution is 2.31. The van der Waals surface area contributed by atoms with E-state index in [-0.39, 0.29) is 5.91 Å². The first-order chi connectivity index (χ1) is 9.40. The normalized spacial score (nSPS) is 16.1. The molecular weight excluding hydrogens is 301 g/mol. The highest BCUT2D eigenvalue weighted by Gasteiger charge is 2.35. The molecule has 1 heterocycles. The van der Waals surface area contributed by atoms with Crippen LogP contribution in [0.25, 0.3) is 0 Å². The molecule has 110 valence electrons. The molecule has 0 bridgehead atoms. The average Bonchev–Trinajstić information content (AvgIpc) is 2.42. The first kappa shape index (κ1) is 15.4. The Morgan fingerprint density at radius 2 is 1.95 bits per heavy atom. The van der Waals surface area contributed by atoms with Crippen LogP contribution in [0.2, 0.25) is 10.0 Å². The van der Waals surface area contributed by atoms with Crippen molar-refractivity contribution in [3.63, 3.8) is 0 Å². The van der Waals surface area contributed by atoms with Crippen LogP contribution in [0.5, 0.6) is 5.75 Å². The number of hydrogen-bond donors (Lipinski definition) is 0. The molecule has 0 aromatic heterocycles. The third-order valence-corrected chi connectivity index (χ3v) is 3.60. The number of nitrogens with zero attached hydrogens (tertiary/aromatic N) is 1. The molecule has 1 amide bonds. The van der Waals surface area contributed by atoms with Crippen molar-refractivity contribution in [2.75, 3.05) is 26.3 Å². The number of halogens is 2. The fraction of sp³-hybridized carbons (Fsp3) is 0.500. The van der Waals surface area contributed by atoms with Gasteiger partial charge in [-0.15, -0.1) is 0 Å². The Morgan fingerprint density at radius 1 is 1.30 bits per heavy atom. The largest absolute Gasteiger partial charge is 0.476 e. The lowest BCUT2D eigenvalue weighted by molar-refractivity contribution is -0.149. The van der Waals surface area contributed by atoms with E-state index in [4.69, 9.17) is 32.7 Å². The van der Waals surface area contributed by atoms with Gasteiger partial charge in [0.1, 0.15) is 5.75 Å². The molecule has 1 fully saturated rings. The maximum atomic E-state index is 12.5. The molecule has 0 saturated carbocycles. The maximum Gasteiger partial charge on any atom is 0.266 e. The van der Waals surface area contributed by atoms with E-state index in [0.29, 0.717) is 42.1 Å². The van der Waals surface area contributed by atoms with Crippen LogP contribution in [-0.2, 0) is 9.53 Å². The minimum absolute atomic E-state index is 0.0770. The van der Waals surface area contributed by atoms with E-state index in [2.05, 4.69) is 0 Å². The van der Waals surface area contributed by atoms with Crippen LogP contribution in [0.1, 0.15) is 13.8 Å². The lowest BCUT2D eigenvalue weighted by Crippen LogP contribution is -2.52. The zero-order valence-corrected chi connectivity index (χ0v) is 13.0. The molecule has 1 aromatic rings. The second-order valence-electron chi connectivity index (χ2n) is 5.09. The molecule has 1 saturated heterocycles. The van der Waals surface area contributed by atoms with Crippen molar-refractivity contribution in [3.8, 4) is 5.75 Å². The molecule has 2 rings (SSSR count). The van der Waals surface area contributed by atoms with E-state index >= 15 is 0 Å². The highest BCUT2D eigenvalue weighted by molar-refractivity contribution is 6.35. The van der Waals surface area contributed by atoms with Crippen LogP contribution in [0.15, 0.2) is 18.2 Å². The van der Waals surface area contributed by atoms with Crippen molar-refractivity contribution in [2.24, 2.45) is 0 Å². The van der Waals surface area contributed by atoms with Crippen molar-refractivity contribution in [3.05, 3.63) is 28.2 Å². The van der Waals surface area contributed by atoms with Gasteiger partial charge in [-0.3, -0.25) is 4.79 Å². The zero-order chi connectivity index (χ0) is 14.8. The lowest BCUT2D eigenvalue weighted by atomic mass is 10.1. The molecule has 0 unspecified atom stereocenters. The third-order valence-electron chi connectivity index (χ3n) is 3.07. The molecule has 1 aliphatic rings. The summed E-state index contributed by atoms with van der Waals surface area (Å²) in [4.78, 5) is 14.2. The highest BCUT2D eigenvalue weighted by atomic mass is 35.5. The summed E-state index contributed by atoms with van der Waals surface area (Å²) >= 11 is 11.9. The van der Waals surface area contributed by atoms with Gasteiger partial charge in [-0.2, -0.15) is 0 Å². The number of carbonyl (C=O) groups is 1. The molecule has 20 heavy (non-hydrogen) atoms. The van der Waals surface area contributed by atoms with Gasteiger partial charge in [0.05, 0.1) is 18.2 Å². The third kappa shape index (κ3) is 3.57. The van der Waals surface area contributed by atoms with Gasteiger partial charge in [0.15, 0.2) is 5.60 Å². The predicted octanol–water partition coefficient (Wildman–Crippen LogP) is 3.01. The molecular formula is C14H17Cl2NO3. The summed E-state index contributed by atoms with van der Waals surface area (Å²) in [5.74, 6) is 0.370. The van der Waals surface area contributed by atoms with Crippen molar-refractivity contribution >= 4 is 29.1 Å². The number of morpholine rings is 1. The Kier molecular flexibility index (Phi) is 4.78. The number of carbonyl (C=O) groups excluding carboxylic acids is 1. The van der Waals surface area contributed by atoms with Crippen LogP contribution in [-0.4, -0.2) is 42.7 Å². The zero-order valence-electron chi connectivity index (χ0n) is 11.5. The van der Waals surface area contributed by atoms with Gasteiger partial charge >= 0.3 is 0 Å². The fourth-order valence-electron chi connectivity index (χ4n) is 2.02. The quantitative estimate of drug-likeness (QED) is 0.860. The van der Waals surface area contributed by atoms with E-state index < -0.39 is 5.60 Å². The molecule has 0 radical (unpaired) electrons. The second-order valence-corrected chi connectivity index (χ2v) is 5.94. The van der Waals surface area contributed by atoms with Crippen LogP contribution >= 0.6 is 23.2 Å². The number of benzene rings is 1. The minimum atomic E-state index is -0.991. The maximum absolute atomic E-state index is 12.5. The summed E-state index contributed by atoms with van der Waals surface area (Å²) in [5, 5.41) is 0.917. The Hall–Kier alpha value is -0.970. The molecule has 0 N–H and O–H groups in total. The fourth-order valence-corrected chi connectivity index (χ4v) is 2.47. The topological polar surface area (TPSA) is 38.8 Å². The van der Waals surface area contributed by atoms with Gasteiger partial charge in [0.25, 0.3) is 5.91 Å². The van der Waals surface area contributed by atoms with Gasteiger partial charge in [-0.1, -0.05) is 23.2 Å². The summed E-state index contributed by atoms with van der Waals surface area (Å²) in [6, 6.07) is 4.94. The van der Waals surface area contributed by atoms with Crippen molar-refractivity contribution < 1.29 is 14.3 Å². The summed E-state index contributed by atoms with van der Waals surface area (Å²) < 4.78 is 11.0. The molecule has 1 aliphatic heterocycles. The van der Waals surface area contributed by atoms with Crippen LogP contribution in [0, 0.1) is 0 Å². The van der Waals surface area contributed by atoms with Gasteiger partial charge < -0.3 is 14.4 Å². The SMILES string of the molecule is CC(C)(Oc1ccc(Cl)cc1Cl)C(=O)N1CCOCC1. The number of hydrogen-bond acceptors (Lipinski definition) is 3. The Morgan fingerprint density at radius 3 is 2.55 bits per heavy atom. The summed E-state index contributed by atoms with van der Waals surface area (Å²) in [6.45, 7) is 5.75. The van der Waals surface area contributed by atoms with Gasteiger partial charge in [0, 0.05) is 18.1 Å². The van der Waals surface area contributed by atoms with E-state index in [1.165, 1.54) is 0 Å². The Bertz CT molecular complexity index is 499. The van der Waals surface area contributed by atoms with Crippen LogP contribution < -0.4 is 4.74 Å². The van der Waals surface area contributed by atoms with Crippen molar-refractivity contribution in [1.82, 2.24) is 4.90 Å². The molecule has 0 atom stereocenters. The van der Waals surface area contributed by atoms with E-state index in [0.717, 1.165) is 0 Å². The van der Waals surface area contributed by atoms with Gasteiger partial charge in [-0.05, 0) is 32.0 Å². The Balaban J connectivity index is 2.11. The summed E-state index contributed by atoms with van der Waals surface area (Å²) in [5.41, 5.74) is -0.991. The van der Waals surface area contributed by atoms with Crippen LogP contribution in [0.4, 0.5) is 0 Å². The molecule has 0 spiro atoms. The molecule has 6 heteroatoms. The van der Waals surface area contributed by atoms with E-state index in [1.54, 1.807) is 36.9 Å². The van der Waals surface area contributed by atoms with Gasteiger partial charge in [-0.25, -0.2) is 0 Å². The smallest absolute Gasteiger partial charge is 0.266 e. The van der Waals surface area contributed by atoms with E-state index in [1.807, 2.05) is 0 Å². The van der Waals surface area contributed by atoms with Gasteiger partial charge in [0.2, 0.25) is 0 Å². The number of ether oxygens (including phenoxy) is 2.